The van der Waals surface area contributed by atoms with E-state index in [1.165, 1.54) is 0 Å². The van der Waals surface area contributed by atoms with Gasteiger partial charge in [-0.05, 0) is 25.0 Å². The van der Waals surface area contributed by atoms with Gasteiger partial charge in [-0.25, -0.2) is 13.1 Å². The van der Waals surface area contributed by atoms with E-state index in [2.05, 4.69) is 9.71 Å². The van der Waals surface area contributed by atoms with Crippen LogP contribution >= 0.6 is 11.3 Å². The first-order chi connectivity index (χ1) is 9.31. The third kappa shape index (κ3) is 2.92. The van der Waals surface area contributed by atoms with Gasteiger partial charge in [-0.15, -0.1) is 0 Å². The highest BCUT2D eigenvalue weighted by Crippen LogP contribution is 2.25. The smallest absolute Gasteiger partial charge is 0.304 e. The van der Waals surface area contributed by atoms with Crippen molar-refractivity contribution in [2.75, 3.05) is 5.73 Å². The number of nitrogens with one attached hydrogen (secondary N) is 2. The zero-order chi connectivity index (χ0) is 14.9. The second-order valence-electron chi connectivity index (χ2n) is 4.44. The molecule has 8 heteroatoms. The lowest BCUT2D eigenvalue weighted by atomic mass is 10.1. The molecule has 0 saturated heterocycles. The molecule has 1 aromatic heterocycles. The average molecular weight is 313 g/mol. The fourth-order valence-corrected chi connectivity index (χ4v) is 3.82. The second kappa shape index (κ2) is 5.39. The number of nitrogen functional groups attached to an aromatic ring is 1. The molecular weight excluding hydrogens is 298 g/mol. The largest absolute Gasteiger partial charge is 0.397 e. The molecule has 0 fully saturated rings. The number of nitrogens with two attached hydrogens (primary N) is 1. The van der Waals surface area contributed by atoms with Gasteiger partial charge in [-0.2, -0.15) is 0 Å². The predicted octanol–water partition coefficient (Wildman–Crippen LogP) is 1.11. The van der Waals surface area contributed by atoms with E-state index in [0.717, 1.165) is 11.3 Å². The normalized spacial score (nSPS) is 11.7. The minimum Gasteiger partial charge on any atom is -0.397 e. The van der Waals surface area contributed by atoms with Gasteiger partial charge in [0.2, 0.25) is 10.0 Å². The Morgan fingerprint density at radius 1 is 1.30 bits per heavy atom. The molecule has 2 aromatic rings. The van der Waals surface area contributed by atoms with Crippen molar-refractivity contribution < 1.29 is 8.42 Å². The maximum absolute atomic E-state index is 12.3. The van der Waals surface area contributed by atoms with Crippen molar-refractivity contribution in [3.05, 3.63) is 44.0 Å². The number of sulfonamides is 1. The Labute approximate surface area is 120 Å². The first kappa shape index (κ1) is 14.8. The number of aromatic amines is 1. The Hall–Kier alpha value is -1.64. The predicted molar refractivity (Wildman–Crippen MR) is 79.3 cm³/mol. The monoisotopic (exact) mass is 313 g/mol. The molecule has 108 valence electrons. The molecule has 0 aliphatic rings. The van der Waals surface area contributed by atoms with Crippen LogP contribution in [0.4, 0.5) is 5.69 Å². The quantitative estimate of drug-likeness (QED) is 0.735. The van der Waals surface area contributed by atoms with Crippen molar-refractivity contribution in [1.82, 2.24) is 9.71 Å². The summed E-state index contributed by atoms with van der Waals surface area (Å²) in [6, 6.07) is 3.49. The average Bonchev–Trinajstić information content (AvgIpc) is 2.78. The van der Waals surface area contributed by atoms with E-state index >= 15 is 0 Å². The molecule has 6 nitrogen and oxygen atoms in total. The summed E-state index contributed by atoms with van der Waals surface area (Å²) >= 11 is 0.989. The molecule has 4 N–H and O–H groups in total. The van der Waals surface area contributed by atoms with Gasteiger partial charge in [-0.1, -0.05) is 23.5 Å². The van der Waals surface area contributed by atoms with Crippen molar-refractivity contribution >= 4 is 27.0 Å². The molecule has 0 bridgehead atoms. The van der Waals surface area contributed by atoms with E-state index in [1.807, 2.05) is 0 Å². The lowest BCUT2D eigenvalue weighted by Gasteiger charge is -2.13. The van der Waals surface area contributed by atoms with Gasteiger partial charge >= 0.3 is 4.87 Å². The van der Waals surface area contributed by atoms with Crippen LogP contribution in [-0.4, -0.2) is 13.4 Å². The van der Waals surface area contributed by atoms with Gasteiger partial charge in [0.1, 0.15) is 4.90 Å². The minimum absolute atomic E-state index is 0.0217. The molecule has 0 aliphatic heterocycles. The molecule has 0 saturated carbocycles. The van der Waals surface area contributed by atoms with E-state index in [4.69, 9.17) is 5.73 Å². The maximum Gasteiger partial charge on any atom is 0.304 e. The van der Waals surface area contributed by atoms with Crippen LogP contribution in [0.5, 0.6) is 0 Å². The summed E-state index contributed by atoms with van der Waals surface area (Å²) in [5.74, 6) is 0. The molecule has 0 amide bonds. The number of thiazole rings is 1. The summed E-state index contributed by atoms with van der Waals surface area (Å²) in [5.41, 5.74) is 7.93. The fraction of sp³-hybridized carbons (Fsp3) is 0.250. The number of aromatic nitrogens is 1. The Kier molecular flexibility index (Phi) is 3.98. The summed E-state index contributed by atoms with van der Waals surface area (Å²) in [5, 5.41) is 1.58. The number of benzene rings is 1. The molecule has 2 rings (SSSR count). The molecule has 0 radical (unpaired) electrons. The number of rotatable bonds is 4. The zero-order valence-corrected chi connectivity index (χ0v) is 12.7. The van der Waals surface area contributed by atoms with Crippen LogP contribution in [0, 0.1) is 13.8 Å². The van der Waals surface area contributed by atoms with Gasteiger partial charge in [0.15, 0.2) is 0 Å². The molecule has 1 heterocycles. The first-order valence-electron chi connectivity index (χ1n) is 5.83. The molecule has 0 aliphatic carbocycles. The van der Waals surface area contributed by atoms with Crippen LogP contribution in [0.2, 0.25) is 0 Å². The fourth-order valence-electron chi connectivity index (χ4n) is 1.81. The van der Waals surface area contributed by atoms with Crippen molar-refractivity contribution in [1.29, 1.82) is 0 Å². The molecule has 0 atom stereocenters. The number of aryl methyl sites for hydroxylation is 2. The van der Waals surface area contributed by atoms with Crippen LogP contribution in [0.25, 0.3) is 0 Å². The maximum atomic E-state index is 12.3. The lowest BCUT2D eigenvalue weighted by Crippen LogP contribution is -2.25. The van der Waals surface area contributed by atoms with Crippen LogP contribution in [0.3, 0.4) is 0 Å². The van der Waals surface area contributed by atoms with Crippen molar-refractivity contribution in [3.63, 3.8) is 0 Å². The van der Waals surface area contributed by atoms with Crippen LogP contribution in [0.15, 0.2) is 27.2 Å². The number of hydrogen-bond acceptors (Lipinski definition) is 5. The minimum atomic E-state index is -3.73. The number of anilines is 1. The van der Waals surface area contributed by atoms with Crippen molar-refractivity contribution in [3.8, 4) is 0 Å². The van der Waals surface area contributed by atoms with Crippen molar-refractivity contribution in [2.45, 2.75) is 25.3 Å². The summed E-state index contributed by atoms with van der Waals surface area (Å²) in [7, 11) is -3.73. The molecule has 1 aromatic carbocycles. The summed E-state index contributed by atoms with van der Waals surface area (Å²) in [6.07, 6.45) is 0. The van der Waals surface area contributed by atoms with Gasteiger partial charge in [0, 0.05) is 11.1 Å². The molecule has 0 unspecified atom stereocenters. The third-order valence-electron chi connectivity index (χ3n) is 2.90. The van der Waals surface area contributed by atoms with Crippen molar-refractivity contribution in [2.24, 2.45) is 0 Å². The molecule has 0 spiro atoms. The highest BCUT2D eigenvalue weighted by Gasteiger charge is 2.21. The summed E-state index contributed by atoms with van der Waals surface area (Å²) in [6.45, 7) is 3.47. The Morgan fingerprint density at radius 2 is 1.95 bits per heavy atom. The standard InChI is InChI=1S/C12H15N3O3S2/c1-7-3-4-8(2)11(10(7)13)20(17,18)14-5-9-6-19-12(16)15-9/h3-4,6,14H,5,13H2,1-2H3,(H,15,16). The summed E-state index contributed by atoms with van der Waals surface area (Å²) in [4.78, 5) is 13.4. The van der Waals surface area contributed by atoms with Gasteiger partial charge in [0.25, 0.3) is 0 Å². The zero-order valence-electron chi connectivity index (χ0n) is 11.1. The molecular formula is C12H15N3O3S2. The molecule has 20 heavy (non-hydrogen) atoms. The first-order valence-corrected chi connectivity index (χ1v) is 8.19. The van der Waals surface area contributed by atoms with Crippen LogP contribution in [0.1, 0.15) is 16.8 Å². The topological polar surface area (TPSA) is 105 Å². The van der Waals surface area contributed by atoms with E-state index in [0.29, 0.717) is 16.8 Å². The van der Waals surface area contributed by atoms with E-state index in [-0.39, 0.29) is 22.0 Å². The highest BCUT2D eigenvalue weighted by molar-refractivity contribution is 7.89. The van der Waals surface area contributed by atoms with Gasteiger partial charge in [-0.3, -0.25) is 4.79 Å². The number of hydrogen-bond donors (Lipinski definition) is 3. The highest BCUT2D eigenvalue weighted by atomic mass is 32.2. The van der Waals surface area contributed by atoms with Crippen LogP contribution < -0.4 is 15.3 Å². The third-order valence-corrected chi connectivity index (χ3v) is 5.23. The van der Waals surface area contributed by atoms with E-state index in [9.17, 15) is 13.2 Å². The van der Waals surface area contributed by atoms with Crippen LogP contribution in [-0.2, 0) is 16.6 Å². The Balaban J connectivity index is 2.31. The van der Waals surface area contributed by atoms with E-state index in [1.54, 1.807) is 31.4 Å². The SMILES string of the molecule is Cc1ccc(C)c(S(=O)(=O)NCc2csc(=O)[nH]2)c1N. The number of H-pyrrole nitrogens is 1. The van der Waals surface area contributed by atoms with Gasteiger partial charge in [0.05, 0.1) is 12.2 Å². The second-order valence-corrected chi connectivity index (χ2v) is 6.99. The lowest BCUT2D eigenvalue weighted by molar-refractivity contribution is 0.580. The summed E-state index contributed by atoms with van der Waals surface area (Å²) < 4.78 is 27.1. The van der Waals surface area contributed by atoms with Gasteiger partial charge < -0.3 is 10.7 Å². The van der Waals surface area contributed by atoms with E-state index < -0.39 is 10.0 Å². The Morgan fingerprint density at radius 3 is 2.55 bits per heavy atom. The Bertz CT molecular complexity index is 791.